The topological polar surface area (TPSA) is 23.8 Å². The summed E-state index contributed by atoms with van der Waals surface area (Å²) in [6, 6.07) is 1.60. The molecule has 1 atom stereocenters. The highest BCUT2D eigenvalue weighted by atomic mass is 19.1. The van der Waals surface area contributed by atoms with Crippen LogP contribution in [-0.2, 0) is 0 Å². The number of hydrogen-bond acceptors (Lipinski definition) is 1. The molecule has 0 saturated carbocycles. The van der Waals surface area contributed by atoms with Crippen molar-refractivity contribution in [3.05, 3.63) is 0 Å². The molecule has 0 fully saturated rings. The van der Waals surface area contributed by atoms with Gasteiger partial charge < -0.3 is 0 Å². The highest BCUT2D eigenvalue weighted by Gasteiger charge is 2.01. The number of halogens is 1. The van der Waals surface area contributed by atoms with E-state index in [4.69, 9.17) is 5.26 Å². The molecule has 0 aromatic carbocycles. The summed E-state index contributed by atoms with van der Waals surface area (Å²) < 4.78 is 12.3. The van der Waals surface area contributed by atoms with Gasteiger partial charge in [-0.2, -0.15) is 5.26 Å². The van der Waals surface area contributed by atoms with Gasteiger partial charge in [-0.1, -0.05) is 39.0 Å². The molecule has 1 unspecified atom stereocenters. The van der Waals surface area contributed by atoms with Crippen molar-refractivity contribution in [2.24, 2.45) is 0 Å². The van der Waals surface area contributed by atoms with E-state index >= 15 is 0 Å². The maximum Gasteiger partial charge on any atom is 0.186 e. The van der Waals surface area contributed by atoms with Gasteiger partial charge in [0.05, 0.1) is 6.07 Å². The first-order valence-corrected chi connectivity index (χ1v) is 4.85. The first-order chi connectivity index (χ1) is 5.81. The molecule has 0 aliphatic rings. The van der Waals surface area contributed by atoms with E-state index in [2.05, 4.69) is 6.92 Å². The first-order valence-electron chi connectivity index (χ1n) is 4.85. The molecule has 1 nitrogen and oxygen atoms in total. The summed E-state index contributed by atoms with van der Waals surface area (Å²) >= 11 is 0. The van der Waals surface area contributed by atoms with Gasteiger partial charge >= 0.3 is 0 Å². The molecule has 0 radical (unpaired) electrons. The summed E-state index contributed by atoms with van der Waals surface area (Å²) in [5.74, 6) is 0. The average molecular weight is 171 g/mol. The Balaban J connectivity index is 2.96. The highest BCUT2D eigenvalue weighted by molar-refractivity contribution is 4.81. The molecule has 0 heterocycles. The van der Waals surface area contributed by atoms with Gasteiger partial charge in [-0.05, 0) is 12.8 Å². The van der Waals surface area contributed by atoms with Crippen molar-refractivity contribution in [3.63, 3.8) is 0 Å². The van der Waals surface area contributed by atoms with Crippen LogP contribution >= 0.6 is 0 Å². The zero-order valence-corrected chi connectivity index (χ0v) is 7.85. The Hall–Kier alpha value is -0.580. The summed E-state index contributed by atoms with van der Waals surface area (Å²) in [7, 11) is 0. The molecule has 0 rings (SSSR count). The van der Waals surface area contributed by atoms with Crippen molar-refractivity contribution < 1.29 is 4.39 Å². The quantitative estimate of drug-likeness (QED) is 0.537. The van der Waals surface area contributed by atoms with E-state index in [1.807, 2.05) is 0 Å². The Morgan fingerprint density at radius 1 is 1.17 bits per heavy atom. The van der Waals surface area contributed by atoms with E-state index < -0.39 is 6.17 Å². The summed E-state index contributed by atoms with van der Waals surface area (Å²) in [4.78, 5) is 0. The highest BCUT2D eigenvalue weighted by Crippen LogP contribution is 2.09. The molecule has 0 N–H and O–H groups in total. The number of unbranched alkanes of at least 4 members (excludes halogenated alkanes) is 5. The van der Waals surface area contributed by atoms with Crippen LogP contribution in [0.4, 0.5) is 4.39 Å². The molecule has 0 aromatic heterocycles. The van der Waals surface area contributed by atoms with Crippen LogP contribution < -0.4 is 0 Å². The molecule has 2 heteroatoms. The molecule has 0 aliphatic heterocycles. The average Bonchev–Trinajstić information content (AvgIpc) is 2.10. The Morgan fingerprint density at radius 3 is 2.33 bits per heavy atom. The van der Waals surface area contributed by atoms with E-state index in [9.17, 15) is 4.39 Å². The number of nitrogens with zero attached hydrogens (tertiary/aromatic N) is 1. The second-order valence-corrected chi connectivity index (χ2v) is 3.15. The van der Waals surface area contributed by atoms with Gasteiger partial charge in [-0.3, -0.25) is 0 Å². The van der Waals surface area contributed by atoms with Crippen molar-refractivity contribution in [2.45, 2.75) is 58.0 Å². The van der Waals surface area contributed by atoms with Crippen molar-refractivity contribution in [3.8, 4) is 6.07 Å². The summed E-state index contributed by atoms with van der Waals surface area (Å²) in [5, 5.41) is 8.15. The van der Waals surface area contributed by atoms with Crippen LogP contribution in [0, 0.1) is 11.3 Å². The zero-order valence-electron chi connectivity index (χ0n) is 7.85. The Labute approximate surface area is 74.6 Å². The largest absolute Gasteiger partial charge is 0.231 e. The fraction of sp³-hybridized carbons (Fsp3) is 0.900. The van der Waals surface area contributed by atoms with Gasteiger partial charge in [0, 0.05) is 0 Å². The fourth-order valence-electron chi connectivity index (χ4n) is 1.17. The third-order valence-corrected chi connectivity index (χ3v) is 1.95. The lowest BCUT2D eigenvalue weighted by Gasteiger charge is -1.99. The smallest absolute Gasteiger partial charge is 0.186 e. The van der Waals surface area contributed by atoms with Gasteiger partial charge in [0.2, 0.25) is 0 Å². The summed E-state index contributed by atoms with van der Waals surface area (Å²) in [6.07, 6.45) is 6.06. The number of hydrogen-bond donors (Lipinski definition) is 0. The van der Waals surface area contributed by atoms with Crippen LogP contribution in [0.5, 0.6) is 0 Å². The number of nitriles is 1. The lowest BCUT2D eigenvalue weighted by Crippen LogP contribution is -1.94. The zero-order chi connectivity index (χ0) is 9.23. The SMILES string of the molecule is CCCCCCCCC(F)C#N. The Kier molecular flexibility index (Phi) is 8.10. The number of rotatable bonds is 7. The monoisotopic (exact) mass is 171 g/mol. The second kappa shape index (κ2) is 8.52. The van der Waals surface area contributed by atoms with Crippen LogP contribution in [0.1, 0.15) is 51.9 Å². The van der Waals surface area contributed by atoms with Crippen molar-refractivity contribution in [1.29, 1.82) is 5.26 Å². The molecule has 12 heavy (non-hydrogen) atoms. The van der Waals surface area contributed by atoms with E-state index in [1.165, 1.54) is 25.7 Å². The van der Waals surface area contributed by atoms with Crippen LogP contribution in [0.2, 0.25) is 0 Å². The predicted octanol–water partition coefficient (Wildman–Crippen LogP) is 3.60. The maximum atomic E-state index is 12.3. The predicted molar refractivity (Wildman–Crippen MR) is 48.5 cm³/mol. The van der Waals surface area contributed by atoms with Crippen LogP contribution in [-0.4, -0.2) is 6.17 Å². The standard InChI is InChI=1S/C10H18FN/c1-2-3-4-5-6-7-8-10(11)9-12/h10H,2-8H2,1H3. The van der Waals surface area contributed by atoms with Crippen molar-refractivity contribution >= 4 is 0 Å². The van der Waals surface area contributed by atoms with Gasteiger partial charge in [0.15, 0.2) is 6.17 Å². The van der Waals surface area contributed by atoms with E-state index in [0.717, 1.165) is 12.8 Å². The lowest BCUT2D eigenvalue weighted by molar-refractivity contribution is 0.372. The van der Waals surface area contributed by atoms with Crippen LogP contribution in [0.3, 0.4) is 0 Å². The van der Waals surface area contributed by atoms with Gasteiger partial charge in [0.1, 0.15) is 0 Å². The number of alkyl halides is 1. The molecule has 0 aliphatic carbocycles. The second-order valence-electron chi connectivity index (χ2n) is 3.15. The molecule has 0 saturated heterocycles. The van der Waals surface area contributed by atoms with E-state index in [1.54, 1.807) is 6.07 Å². The first kappa shape index (κ1) is 11.4. The van der Waals surface area contributed by atoms with Crippen molar-refractivity contribution in [1.82, 2.24) is 0 Å². The maximum absolute atomic E-state index is 12.3. The minimum absolute atomic E-state index is 0.419. The van der Waals surface area contributed by atoms with E-state index in [0.29, 0.717) is 6.42 Å². The summed E-state index contributed by atoms with van der Waals surface area (Å²) in [6.45, 7) is 2.17. The molecule has 0 bridgehead atoms. The molecular weight excluding hydrogens is 153 g/mol. The third-order valence-electron chi connectivity index (χ3n) is 1.95. The van der Waals surface area contributed by atoms with Crippen LogP contribution in [0.15, 0.2) is 0 Å². The Morgan fingerprint density at radius 2 is 1.75 bits per heavy atom. The third kappa shape index (κ3) is 7.53. The minimum atomic E-state index is -1.24. The summed E-state index contributed by atoms with van der Waals surface area (Å²) in [5.41, 5.74) is 0. The normalized spacial score (nSPS) is 12.4. The van der Waals surface area contributed by atoms with Gasteiger partial charge in [-0.15, -0.1) is 0 Å². The van der Waals surface area contributed by atoms with Crippen LogP contribution in [0.25, 0.3) is 0 Å². The molecule has 70 valence electrons. The fourth-order valence-corrected chi connectivity index (χ4v) is 1.17. The van der Waals surface area contributed by atoms with Gasteiger partial charge in [-0.25, -0.2) is 4.39 Å². The van der Waals surface area contributed by atoms with E-state index in [-0.39, 0.29) is 0 Å². The molecule has 0 amide bonds. The van der Waals surface area contributed by atoms with Gasteiger partial charge in [0.25, 0.3) is 0 Å². The molecular formula is C10H18FN. The van der Waals surface area contributed by atoms with Crippen molar-refractivity contribution in [2.75, 3.05) is 0 Å². The lowest BCUT2D eigenvalue weighted by atomic mass is 10.1. The molecule has 0 spiro atoms. The Bertz CT molecular complexity index is 128. The molecule has 0 aromatic rings. The minimum Gasteiger partial charge on any atom is -0.231 e.